The Morgan fingerprint density at radius 1 is 1.07 bits per heavy atom. The highest BCUT2D eigenvalue weighted by Crippen LogP contribution is 2.29. The lowest BCUT2D eigenvalue weighted by Crippen LogP contribution is -2.09. The van der Waals surface area contributed by atoms with Gasteiger partial charge in [-0.25, -0.2) is 32.2 Å². The van der Waals surface area contributed by atoms with Crippen LogP contribution in [-0.4, -0.2) is 30.5 Å². The first-order valence-corrected chi connectivity index (χ1v) is 10.3. The van der Waals surface area contributed by atoms with Gasteiger partial charge in [-0.15, -0.1) is 0 Å². The average Bonchev–Trinajstić information content (AvgIpc) is 2.71. The molecule has 0 bridgehead atoms. The summed E-state index contributed by atoms with van der Waals surface area (Å²) in [5.74, 6) is -3.17. The molecule has 0 fully saturated rings. The number of pyridine rings is 1. The number of hydrogen-bond donors (Lipinski definition) is 0. The lowest BCUT2D eigenvalue weighted by Gasteiger charge is -2.10. The van der Waals surface area contributed by atoms with Gasteiger partial charge >= 0.3 is 6.08 Å². The fraction of sp³-hybridized carbons (Fsp3) is 0.105. The molecule has 0 saturated heterocycles. The van der Waals surface area contributed by atoms with Crippen molar-refractivity contribution >= 4 is 33.6 Å². The summed E-state index contributed by atoms with van der Waals surface area (Å²) in [7, 11) is -2.75. The first-order valence-electron chi connectivity index (χ1n) is 8.27. The molecule has 1 aromatic carbocycles. The van der Waals surface area contributed by atoms with E-state index < -0.39 is 43.2 Å². The highest BCUT2D eigenvalue weighted by atomic mass is 35.5. The number of halogens is 4. The first kappa shape index (κ1) is 21.7. The Labute approximate surface area is 175 Å². The molecule has 11 heteroatoms. The molecule has 156 valence electrons. The minimum absolute atomic E-state index is 0.106. The molecule has 0 radical (unpaired) electrons. The molecule has 30 heavy (non-hydrogen) atoms. The molecule has 0 aliphatic rings. The summed E-state index contributed by atoms with van der Waals surface area (Å²) >= 11 is 5.66. The Hall–Kier alpha value is -2.98. The fourth-order valence-electron chi connectivity index (χ4n) is 2.48. The van der Waals surface area contributed by atoms with E-state index in [0.29, 0.717) is 17.2 Å². The zero-order valence-electron chi connectivity index (χ0n) is 15.3. The average molecular weight is 456 g/mol. The molecule has 0 saturated carbocycles. The normalized spacial score (nSPS) is 11.8. The number of rotatable bonds is 6. The van der Waals surface area contributed by atoms with Gasteiger partial charge in [0.15, 0.2) is 21.5 Å². The zero-order chi connectivity index (χ0) is 21.9. The highest BCUT2D eigenvalue weighted by molar-refractivity contribution is 7.90. The molecule has 0 amide bonds. The fourth-order valence-corrected chi connectivity index (χ4v) is 4.32. The molecular formula is C19H13ClF3N3O3S. The number of sulfone groups is 1. The maximum absolute atomic E-state index is 13.6. The first-order chi connectivity index (χ1) is 14.2. The topological polar surface area (TPSA) is 82.0 Å². The van der Waals surface area contributed by atoms with Crippen LogP contribution in [0.4, 0.5) is 13.2 Å². The smallest absolute Gasteiger partial charge is 0.308 e. The van der Waals surface area contributed by atoms with Crippen LogP contribution in [0.25, 0.3) is 12.2 Å². The van der Waals surface area contributed by atoms with Gasteiger partial charge in [-0.1, -0.05) is 17.7 Å². The van der Waals surface area contributed by atoms with E-state index in [-0.39, 0.29) is 11.6 Å². The second-order valence-corrected chi connectivity index (χ2v) is 8.29. The quantitative estimate of drug-likeness (QED) is 0.316. The van der Waals surface area contributed by atoms with Crippen LogP contribution in [0.15, 0.2) is 41.6 Å². The monoisotopic (exact) mass is 455 g/mol. The summed E-state index contributed by atoms with van der Waals surface area (Å²) in [6.07, 6.45) is 4.91. The van der Waals surface area contributed by atoms with Crippen LogP contribution in [0.1, 0.15) is 16.8 Å². The molecule has 0 N–H and O–H groups in total. The Morgan fingerprint density at radius 2 is 1.77 bits per heavy atom. The van der Waals surface area contributed by atoms with Crippen molar-refractivity contribution in [2.75, 3.05) is 7.11 Å². The number of hydrogen-bond acceptors (Lipinski definition) is 6. The van der Waals surface area contributed by atoms with Gasteiger partial charge in [0.05, 0.1) is 28.5 Å². The molecule has 6 nitrogen and oxygen atoms in total. The van der Waals surface area contributed by atoms with Crippen molar-refractivity contribution in [3.05, 3.63) is 76.2 Å². The van der Waals surface area contributed by atoms with Crippen molar-refractivity contribution in [3.8, 4) is 5.88 Å². The van der Waals surface area contributed by atoms with E-state index in [1.54, 1.807) is 18.2 Å². The van der Waals surface area contributed by atoms with Crippen LogP contribution in [0.3, 0.4) is 0 Å². The molecule has 0 aliphatic heterocycles. The van der Waals surface area contributed by atoms with Crippen LogP contribution in [0.2, 0.25) is 5.02 Å². The lowest BCUT2D eigenvalue weighted by atomic mass is 10.2. The van der Waals surface area contributed by atoms with Gasteiger partial charge in [-0.2, -0.15) is 4.39 Å². The van der Waals surface area contributed by atoms with Gasteiger partial charge < -0.3 is 4.74 Å². The van der Waals surface area contributed by atoms with E-state index in [1.165, 1.54) is 25.6 Å². The maximum atomic E-state index is 13.6. The zero-order valence-corrected chi connectivity index (χ0v) is 16.9. The minimum Gasteiger partial charge on any atom is -0.481 e. The molecule has 3 aromatic rings. The van der Waals surface area contributed by atoms with Gasteiger partial charge in [0.25, 0.3) is 0 Å². The van der Waals surface area contributed by atoms with Crippen LogP contribution in [0, 0.1) is 17.7 Å². The largest absolute Gasteiger partial charge is 0.481 e. The Kier molecular flexibility index (Phi) is 6.37. The van der Waals surface area contributed by atoms with Gasteiger partial charge in [0.2, 0.25) is 5.88 Å². The van der Waals surface area contributed by atoms with Gasteiger partial charge in [-0.3, -0.25) is 0 Å². The molecule has 0 aliphatic carbocycles. The summed E-state index contributed by atoms with van der Waals surface area (Å²) in [5.41, 5.74) is 1.14. The number of ether oxygens (including phenoxy) is 1. The van der Waals surface area contributed by atoms with Crippen LogP contribution in [-0.2, 0) is 15.6 Å². The summed E-state index contributed by atoms with van der Waals surface area (Å²) in [6.45, 7) is 0. The van der Waals surface area contributed by atoms with Gasteiger partial charge in [0, 0.05) is 23.5 Å². The third-order valence-electron chi connectivity index (χ3n) is 3.91. The Balaban J connectivity index is 1.87. The summed E-state index contributed by atoms with van der Waals surface area (Å²) < 4.78 is 70.0. The standard InChI is InChI=1S/C19H13ClF3N3O3S/c1-29-18-12(3-2-11-8-24-19(23)25-9-11)4-5-13(26-18)10-30(27,28)15-7-6-14(21)17(22)16(15)20/h2-9H,10H2,1H3/b3-2+. The van der Waals surface area contributed by atoms with Crippen LogP contribution < -0.4 is 4.74 Å². The number of aromatic nitrogens is 3. The second kappa shape index (κ2) is 8.80. The second-order valence-electron chi connectivity index (χ2n) is 5.95. The van der Waals surface area contributed by atoms with Crippen molar-refractivity contribution in [2.24, 2.45) is 0 Å². The van der Waals surface area contributed by atoms with E-state index in [2.05, 4.69) is 15.0 Å². The summed E-state index contributed by atoms with van der Waals surface area (Å²) in [6, 6.07) is 4.59. The third-order valence-corrected chi connectivity index (χ3v) is 6.08. The van der Waals surface area contributed by atoms with Crippen LogP contribution in [0.5, 0.6) is 5.88 Å². The SMILES string of the molecule is COc1nc(CS(=O)(=O)c2ccc(F)c(F)c2Cl)ccc1/C=C/c1cnc(F)nc1. The predicted molar refractivity (Wildman–Crippen MR) is 104 cm³/mol. The summed E-state index contributed by atoms with van der Waals surface area (Å²) in [4.78, 5) is 10.5. The number of benzene rings is 1. The van der Waals surface area contributed by atoms with E-state index in [0.717, 1.165) is 6.07 Å². The van der Waals surface area contributed by atoms with E-state index in [9.17, 15) is 21.6 Å². The maximum Gasteiger partial charge on any atom is 0.308 e. The van der Waals surface area contributed by atoms with E-state index >= 15 is 0 Å². The molecule has 0 atom stereocenters. The van der Waals surface area contributed by atoms with E-state index in [4.69, 9.17) is 16.3 Å². The lowest BCUT2D eigenvalue weighted by molar-refractivity contribution is 0.395. The van der Waals surface area contributed by atoms with Crippen molar-refractivity contribution in [3.63, 3.8) is 0 Å². The van der Waals surface area contributed by atoms with Crippen molar-refractivity contribution < 1.29 is 26.3 Å². The molecule has 2 heterocycles. The minimum atomic E-state index is -4.11. The number of nitrogens with zero attached hydrogens (tertiary/aromatic N) is 3. The molecule has 0 spiro atoms. The van der Waals surface area contributed by atoms with Crippen molar-refractivity contribution in [1.82, 2.24) is 15.0 Å². The van der Waals surface area contributed by atoms with Gasteiger partial charge in [0.1, 0.15) is 0 Å². The van der Waals surface area contributed by atoms with E-state index in [1.807, 2.05) is 0 Å². The number of methoxy groups -OCH3 is 1. The third kappa shape index (κ3) is 4.77. The predicted octanol–water partition coefficient (Wildman–Crippen LogP) is 4.10. The Bertz CT molecular complexity index is 1220. The molecule has 2 aromatic heterocycles. The van der Waals surface area contributed by atoms with Crippen LogP contribution >= 0.6 is 11.6 Å². The van der Waals surface area contributed by atoms with Gasteiger partial charge in [-0.05, 0) is 30.3 Å². The van der Waals surface area contributed by atoms with Crippen molar-refractivity contribution in [2.45, 2.75) is 10.6 Å². The Morgan fingerprint density at radius 3 is 2.43 bits per heavy atom. The van der Waals surface area contributed by atoms with Crippen molar-refractivity contribution in [1.29, 1.82) is 0 Å². The highest BCUT2D eigenvalue weighted by Gasteiger charge is 2.24. The molecule has 3 rings (SSSR count). The molecular weight excluding hydrogens is 443 g/mol. The summed E-state index contributed by atoms with van der Waals surface area (Å²) in [5, 5.41) is -0.817. The molecule has 0 unspecified atom stereocenters.